The van der Waals surface area contributed by atoms with E-state index in [1.54, 1.807) is 33.2 Å². The molecule has 0 radical (unpaired) electrons. The van der Waals surface area contributed by atoms with Gasteiger partial charge in [-0.3, -0.25) is 4.99 Å². The highest BCUT2D eigenvalue weighted by molar-refractivity contribution is 14.0. The Bertz CT molecular complexity index is 572. The van der Waals surface area contributed by atoms with Gasteiger partial charge in [0.2, 0.25) is 0 Å². The largest absolute Gasteiger partial charge is 0.490 e. The van der Waals surface area contributed by atoms with E-state index in [4.69, 9.17) is 9.47 Å². The molecule has 1 rings (SSSR count). The molecule has 0 atom stereocenters. The van der Waals surface area contributed by atoms with Gasteiger partial charge in [0.15, 0.2) is 17.5 Å². The van der Waals surface area contributed by atoms with Crippen LogP contribution in [0.15, 0.2) is 23.2 Å². The third kappa shape index (κ3) is 8.84. The summed E-state index contributed by atoms with van der Waals surface area (Å²) in [6, 6.07) is 4.83. The van der Waals surface area contributed by atoms with Crippen LogP contribution in [0.2, 0.25) is 0 Å². The van der Waals surface area contributed by atoms with Gasteiger partial charge in [0.1, 0.15) is 0 Å². The number of aliphatic imine (C=N–C) groups is 1. The number of hydrogen-bond donors (Lipinski definition) is 2. The van der Waals surface area contributed by atoms with Crippen molar-refractivity contribution in [2.75, 3.05) is 27.3 Å². The quantitative estimate of drug-likeness (QED) is 0.318. The second-order valence-electron chi connectivity index (χ2n) is 5.84. The van der Waals surface area contributed by atoms with Gasteiger partial charge < -0.3 is 24.8 Å². The summed E-state index contributed by atoms with van der Waals surface area (Å²) in [6.07, 6.45) is 0. The minimum atomic E-state index is -2.89. The molecule has 0 saturated carbocycles. The van der Waals surface area contributed by atoms with E-state index in [9.17, 15) is 8.78 Å². The van der Waals surface area contributed by atoms with Crippen LogP contribution >= 0.6 is 24.0 Å². The molecule has 0 unspecified atom stereocenters. The minimum absolute atomic E-state index is 0. The fourth-order valence-electron chi connectivity index (χ4n) is 1.90. The zero-order valence-electron chi connectivity index (χ0n) is 15.8. The van der Waals surface area contributed by atoms with Crippen molar-refractivity contribution in [3.8, 4) is 11.5 Å². The predicted molar refractivity (Wildman–Crippen MR) is 109 cm³/mol. The standard InChI is InChI=1S/C17H27F2N3O3.HI/c1-6-24-14-9-12(7-8-13(14)25-15(18)19)10-21-16(20-4)22-11-17(2,3)23-5;/h7-9,15H,6,10-11H2,1-5H3,(H2,20,21,22);1H. The first-order valence-electron chi connectivity index (χ1n) is 8.01. The molecule has 0 aromatic heterocycles. The van der Waals surface area contributed by atoms with E-state index in [-0.39, 0.29) is 41.1 Å². The van der Waals surface area contributed by atoms with Crippen molar-refractivity contribution in [1.82, 2.24) is 10.6 Å². The van der Waals surface area contributed by atoms with Gasteiger partial charge in [-0.25, -0.2) is 0 Å². The van der Waals surface area contributed by atoms with Crippen LogP contribution in [-0.4, -0.2) is 45.5 Å². The highest BCUT2D eigenvalue weighted by Gasteiger charge is 2.16. The maximum atomic E-state index is 12.4. The number of halogens is 3. The SMILES string of the molecule is CCOc1cc(CNC(=NC)NCC(C)(C)OC)ccc1OC(F)F.I. The number of benzene rings is 1. The molecule has 0 fully saturated rings. The number of ether oxygens (including phenoxy) is 3. The summed E-state index contributed by atoms with van der Waals surface area (Å²) in [6.45, 7) is 4.19. The van der Waals surface area contributed by atoms with Crippen molar-refractivity contribution in [1.29, 1.82) is 0 Å². The second-order valence-corrected chi connectivity index (χ2v) is 5.84. The minimum Gasteiger partial charge on any atom is -0.490 e. The molecular formula is C17H28F2IN3O3. The van der Waals surface area contributed by atoms with E-state index in [0.717, 1.165) is 5.56 Å². The van der Waals surface area contributed by atoms with Gasteiger partial charge in [-0.1, -0.05) is 6.07 Å². The highest BCUT2D eigenvalue weighted by Crippen LogP contribution is 2.29. The summed E-state index contributed by atoms with van der Waals surface area (Å²) in [4.78, 5) is 4.14. The lowest BCUT2D eigenvalue weighted by atomic mass is 10.1. The van der Waals surface area contributed by atoms with Crippen LogP contribution in [0.25, 0.3) is 0 Å². The van der Waals surface area contributed by atoms with Gasteiger partial charge in [-0.05, 0) is 38.5 Å². The maximum absolute atomic E-state index is 12.4. The van der Waals surface area contributed by atoms with Crippen molar-refractivity contribution >= 4 is 29.9 Å². The number of rotatable bonds is 9. The molecule has 0 spiro atoms. The van der Waals surface area contributed by atoms with Gasteiger partial charge in [0.25, 0.3) is 0 Å². The van der Waals surface area contributed by atoms with E-state index < -0.39 is 6.61 Å². The van der Waals surface area contributed by atoms with Gasteiger partial charge >= 0.3 is 6.61 Å². The first-order chi connectivity index (χ1) is 11.8. The Hall–Kier alpha value is -1.36. The van der Waals surface area contributed by atoms with Crippen LogP contribution in [0.1, 0.15) is 26.3 Å². The molecule has 6 nitrogen and oxygen atoms in total. The second kappa shape index (κ2) is 12.1. The number of guanidine groups is 1. The van der Waals surface area contributed by atoms with E-state index >= 15 is 0 Å². The van der Waals surface area contributed by atoms with Gasteiger partial charge in [-0.2, -0.15) is 8.78 Å². The van der Waals surface area contributed by atoms with E-state index in [0.29, 0.717) is 25.7 Å². The van der Waals surface area contributed by atoms with Crippen molar-refractivity contribution in [2.45, 2.75) is 39.5 Å². The van der Waals surface area contributed by atoms with E-state index in [1.807, 2.05) is 13.8 Å². The normalized spacial score (nSPS) is 11.8. The average Bonchev–Trinajstić information content (AvgIpc) is 2.57. The predicted octanol–water partition coefficient (Wildman–Crippen LogP) is 3.39. The van der Waals surface area contributed by atoms with Crippen LogP contribution in [-0.2, 0) is 11.3 Å². The molecule has 0 saturated heterocycles. The van der Waals surface area contributed by atoms with Crippen LogP contribution in [0.5, 0.6) is 11.5 Å². The Kier molecular flexibility index (Phi) is 11.5. The summed E-state index contributed by atoms with van der Waals surface area (Å²) in [7, 11) is 3.32. The Balaban J connectivity index is 0.00000625. The molecule has 0 aliphatic rings. The summed E-state index contributed by atoms with van der Waals surface area (Å²) in [5.41, 5.74) is 0.521. The fourth-order valence-corrected chi connectivity index (χ4v) is 1.90. The number of nitrogens with one attached hydrogen (secondary N) is 2. The number of alkyl halides is 2. The van der Waals surface area contributed by atoms with Crippen LogP contribution in [0, 0.1) is 0 Å². The molecule has 2 N–H and O–H groups in total. The molecular weight excluding hydrogens is 459 g/mol. The van der Waals surface area contributed by atoms with E-state index in [1.165, 1.54) is 6.07 Å². The van der Waals surface area contributed by atoms with Gasteiger partial charge in [-0.15, -0.1) is 24.0 Å². The zero-order valence-corrected chi connectivity index (χ0v) is 18.1. The van der Waals surface area contributed by atoms with Crippen molar-refractivity contribution in [3.05, 3.63) is 23.8 Å². The lowest BCUT2D eigenvalue weighted by Crippen LogP contribution is -2.45. The van der Waals surface area contributed by atoms with E-state index in [2.05, 4.69) is 20.4 Å². The zero-order chi connectivity index (χ0) is 18.9. The van der Waals surface area contributed by atoms with Gasteiger partial charge in [0.05, 0.1) is 12.2 Å². The maximum Gasteiger partial charge on any atom is 0.387 e. The summed E-state index contributed by atoms with van der Waals surface area (Å²) in [5, 5.41) is 6.32. The first kappa shape index (κ1) is 24.6. The molecule has 9 heteroatoms. The van der Waals surface area contributed by atoms with Crippen molar-refractivity contribution in [2.24, 2.45) is 4.99 Å². The molecule has 26 heavy (non-hydrogen) atoms. The number of hydrogen-bond acceptors (Lipinski definition) is 4. The summed E-state index contributed by atoms with van der Waals surface area (Å²) < 4.78 is 40.0. The Morgan fingerprint density at radius 3 is 2.46 bits per heavy atom. The highest BCUT2D eigenvalue weighted by atomic mass is 127. The Labute approximate surface area is 170 Å². The third-order valence-electron chi connectivity index (χ3n) is 3.44. The molecule has 1 aromatic rings. The number of methoxy groups -OCH3 is 1. The molecule has 0 aliphatic carbocycles. The summed E-state index contributed by atoms with van der Waals surface area (Å²) >= 11 is 0. The smallest absolute Gasteiger partial charge is 0.387 e. The lowest BCUT2D eigenvalue weighted by molar-refractivity contribution is -0.0514. The first-order valence-corrected chi connectivity index (χ1v) is 8.01. The van der Waals surface area contributed by atoms with Crippen LogP contribution in [0.4, 0.5) is 8.78 Å². The van der Waals surface area contributed by atoms with Crippen molar-refractivity contribution < 1.29 is 23.0 Å². The van der Waals surface area contributed by atoms with Gasteiger partial charge in [0, 0.05) is 27.2 Å². The van der Waals surface area contributed by atoms with Crippen molar-refractivity contribution in [3.63, 3.8) is 0 Å². The molecule has 0 amide bonds. The summed E-state index contributed by atoms with van der Waals surface area (Å²) in [5.74, 6) is 0.909. The Morgan fingerprint density at radius 2 is 1.92 bits per heavy atom. The van der Waals surface area contributed by atoms with Crippen LogP contribution in [0.3, 0.4) is 0 Å². The molecule has 0 aliphatic heterocycles. The third-order valence-corrected chi connectivity index (χ3v) is 3.44. The molecule has 150 valence electrons. The fraction of sp³-hybridized carbons (Fsp3) is 0.588. The topological polar surface area (TPSA) is 64.1 Å². The lowest BCUT2D eigenvalue weighted by Gasteiger charge is -2.24. The number of nitrogens with zero attached hydrogens (tertiary/aromatic N) is 1. The average molecular weight is 487 g/mol. The van der Waals surface area contributed by atoms with Crippen LogP contribution < -0.4 is 20.1 Å². The Morgan fingerprint density at radius 1 is 1.23 bits per heavy atom. The molecule has 0 bridgehead atoms. The molecule has 1 aromatic carbocycles. The molecule has 0 heterocycles. The monoisotopic (exact) mass is 487 g/mol.